The van der Waals surface area contributed by atoms with Crippen molar-refractivity contribution in [1.29, 1.82) is 0 Å². The van der Waals surface area contributed by atoms with Gasteiger partial charge < -0.3 is 10.4 Å². The zero-order valence-corrected chi connectivity index (χ0v) is 12.2. The number of fused-ring (bicyclic) bond motifs is 1. The summed E-state index contributed by atoms with van der Waals surface area (Å²) >= 11 is 5.93. The number of halogens is 1. The minimum absolute atomic E-state index is 0.183. The summed E-state index contributed by atoms with van der Waals surface area (Å²) in [5, 5.41) is 13.2. The molecule has 22 heavy (non-hydrogen) atoms. The first-order valence-corrected chi connectivity index (χ1v) is 6.99. The van der Waals surface area contributed by atoms with Crippen LogP contribution in [0.1, 0.15) is 15.9 Å². The Morgan fingerprint density at radius 2 is 1.82 bits per heavy atom. The lowest BCUT2D eigenvalue weighted by Crippen LogP contribution is -2.04. The van der Waals surface area contributed by atoms with Gasteiger partial charge in [0.1, 0.15) is 5.82 Å². The van der Waals surface area contributed by atoms with E-state index in [9.17, 15) is 4.79 Å². The van der Waals surface area contributed by atoms with Gasteiger partial charge in [0.15, 0.2) is 0 Å². The molecule has 6 heteroatoms. The molecule has 0 saturated heterocycles. The summed E-state index contributed by atoms with van der Waals surface area (Å²) in [6.07, 6.45) is 0. The largest absolute Gasteiger partial charge is 0.478 e. The molecule has 0 radical (unpaired) electrons. The summed E-state index contributed by atoms with van der Waals surface area (Å²) in [6.45, 7) is 0.511. The van der Waals surface area contributed by atoms with Gasteiger partial charge in [0.05, 0.1) is 11.1 Å². The van der Waals surface area contributed by atoms with Crippen molar-refractivity contribution in [3.05, 3.63) is 64.9 Å². The molecule has 0 unspecified atom stereocenters. The maximum atomic E-state index is 10.8. The Kier molecular flexibility index (Phi) is 3.89. The van der Waals surface area contributed by atoms with Crippen LogP contribution in [0.25, 0.3) is 10.9 Å². The predicted molar refractivity (Wildman–Crippen MR) is 85.3 cm³/mol. The van der Waals surface area contributed by atoms with Gasteiger partial charge in [0.2, 0.25) is 5.28 Å². The molecular weight excluding hydrogens is 302 g/mol. The highest BCUT2D eigenvalue weighted by molar-refractivity contribution is 6.28. The van der Waals surface area contributed by atoms with Crippen LogP contribution in [0.15, 0.2) is 48.5 Å². The smallest absolute Gasteiger partial charge is 0.335 e. The fraction of sp³-hybridized carbons (Fsp3) is 0.0625. The molecule has 0 bridgehead atoms. The van der Waals surface area contributed by atoms with Crippen LogP contribution in [0.2, 0.25) is 5.28 Å². The molecular formula is C16H12ClN3O2. The van der Waals surface area contributed by atoms with E-state index in [4.69, 9.17) is 16.7 Å². The van der Waals surface area contributed by atoms with E-state index in [1.165, 1.54) is 0 Å². The Balaban J connectivity index is 1.83. The normalized spacial score (nSPS) is 10.6. The molecule has 0 aliphatic heterocycles. The van der Waals surface area contributed by atoms with E-state index in [1.54, 1.807) is 24.3 Å². The number of aromatic carboxylic acids is 1. The van der Waals surface area contributed by atoms with E-state index in [2.05, 4.69) is 15.3 Å². The highest BCUT2D eigenvalue weighted by atomic mass is 35.5. The second kappa shape index (κ2) is 5.99. The second-order valence-electron chi connectivity index (χ2n) is 4.71. The van der Waals surface area contributed by atoms with Crippen LogP contribution in [0, 0.1) is 0 Å². The SMILES string of the molecule is O=C(O)c1ccc(CNc2nc(Cl)nc3ccccc23)cc1. The number of rotatable bonds is 4. The van der Waals surface area contributed by atoms with Crippen molar-refractivity contribution in [2.75, 3.05) is 5.32 Å². The zero-order chi connectivity index (χ0) is 15.5. The molecule has 0 fully saturated rings. The third-order valence-corrected chi connectivity index (χ3v) is 3.41. The maximum absolute atomic E-state index is 10.8. The van der Waals surface area contributed by atoms with Crippen molar-refractivity contribution < 1.29 is 9.90 Å². The number of nitrogens with zero attached hydrogens (tertiary/aromatic N) is 2. The van der Waals surface area contributed by atoms with Crippen LogP contribution in [-0.2, 0) is 6.54 Å². The van der Waals surface area contributed by atoms with Crippen molar-refractivity contribution in [1.82, 2.24) is 9.97 Å². The van der Waals surface area contributed by atoms with Crippen LogP contribution < -0.4 is 5.32 Å². The molecule has 0 atom stereocenters. The molecule has 3 aromatic rings. The van der Waals surface area contributed by atoms with Crippen molar-refractivity contribution in [2.24, 2.45) is 0 Å². The fourth-order valence-electron chi connectivity index (χ4n) is 2.13. The molecule has 0 spiro atoms. The molecule has 3 rings (SSSR count). The van der Waals surface area contributed by atoms with Crippen LogP contribution in [0.3, 0.4) is 0 Å². The molecule has 0 amide bonds. The molecule has 1 heterocycles. The summed E-state index contributed by atoms with van der Waals surface area (Å²) in [5.41, 5.74) is 1.98. The lowest BCUT2D eigenvalue weighted by atomic mass is 10.1. The monoisotopic (exact) mass is 313 g/mol. The summed E-state index contributed by atoms with van der Waals surface area (Å²) < 4.78 is 0. The van der Waals surface area contributed by atoms with Gasteiger partial charge in [0.25, 0.3) is 0 Å². The fourth-order valence-corrected chi connectivity index (χ4v) is 2.31. The Bertz CT molecular complexity index is 834. The van der Waals surface area contributed by atoms with Crippen molar-refractivity contribution >= 4 is 34.3 Å². The first kappa shape index (κ1) is 14.3. The number of benzene rings is 2. The minimum atomic E-state index is -0.937. The highest BCUT2D eigenvalue weighted by Gasteiger charge is 2.06. The summed E-state index contributed by atoms with van der Waals surface area (Å²) in [7, 11) is 0. The average Bonchev–Trinajstić information content (AvgIpc) is 2.52. The predicted octanol–water partition coefficient (Wildman–Crippen LogP) is 3.59. The number of carboxylic acids is 1. The number of carbonyl (C=O) groups is 1. The van der Waals surface area contributed by atoms with Crippen LogP contribution in [-0.4, -0.2) is 21.0 Å². The molecule has 110 valence electrons. The number of hydrogen-bond acceptors (Lipinski definition) is 4. The molecule has 2 aromatic carbocycles. The number of aromatic nitrogens is 2. The van der Waals surface area contributed by atoms with E-state index in [-0.39, 0.29) is 10.8 Å². The number of nitrogens with one attached hydrogen (secondary N) is 1. The zero-order valence-electron chi connectivity index (χ0n) is 11.5. The van der Waals surface area contributed by atoms with E-state index < -0.39 is 5.97 Å². The van der Waals surface area contributed by atoms with E-state index in [0.29, 0.717) is 12.4 Å². The van der Waals surface area contributed by atoms with Gasteiger partial charge in [-0.25, -0.2) is 14.8 Å². The van der Waals surface area contributed by atoms with Gasteiger partial charge >= 0.3 is 5.97 Å². The van der Waals surface area contributed by atoms with E-state index in [1.807, 2.05) is 24.3 Å². The lowest BCUT2D eigenvalue weighted by Gasteiger charge is -2.09. The minimum Gasteiger partial charge on any atom is -0.478 e. The molecule has 0 aliphatic carbocycles. The average molecular weight is 314 g/mol. The van der Waals surface area contributed by atoms with Crippen molar-refractivity contribution in [2.45, 2.75) is 6.54 Å². The highest BCUT2D eigenvalue weighted by Crippen LogP contribution is 2.22. The Morgan fingerprint density at radius 1 is 1.09 bits per heavy atom. The number of anilines is 1. The standard InChI is InChI=1S/C16H12ClN3O2/c17-16-19-13-4-2-1-3-12(13)14(20-16)18-9-10-5-7-11(8-6-10)15(21)22/h1-8H,9H2,(H,21,22)(H,18,19,20). The van der Waals surface area contributed by atoms with E-state index >= 15 is 0 Å². The molecule has 0 aliphatic rings. The maximum Gasteiger partial charge on any atom is 0.335 e. The number of carboxylic acid groups (broad SMARTS) is 1. The molecule has 2 N–H and O–H groups in total. The lowest BCUT2D eigenvalue weighted by molar-refractivity contribution is 0.0697. The van der Waals surface area contributed by atoms with Gasteiger partial charge in [-0.1, -0.05) is 24.3 Å². The third kappa shape index (κ3) is 2.99. The summed E-state index contributed by atoms with van der Waals surface area (Å²) in [4.78, 5) is 19.2. The van der Waals surface area contributed by atoms with Crippen LogP contribution in [0.4, 0.5) is 5.82 Å². The number of hydrogen-bond donors (Lipinski definition) is 2. The summed E-state index contributed by atoms with van der Waals surface area (Å²) in [6, 6.07) is 14.3. The number of para-hydroxylation sites is 1. The van der Waals surface area contributed by atoms with Crippen molar-refractivity contribution in [3.63, 3.8) is 0 Å². The molecule has 1 aromatic heterocycles. The third-order valence-electron chi connectivity index (χ3n) is 3.24. The second-order valence-corrected chi connectivity index (χ2v) is 5.05. The topological polar surface area (TPSA) is 75.1 Å². The van der Waals surface area contributed by atoms with Crippen molar-refractivity contribution in [3.8, 4) is 0 Å². The van der Waals surface area contributed by atoms with Gasteiger partial charge in [-0.05, 0) is 41.4 Å². The Morgan fingerprint density at radius 3 is 2.55 bits per heavy atom. The van der Waals surface area contributed by atoms with Gasteiger partial charge in [-0.15, -0.1) is 0 Å². The Labute approximate surface area is 131 Å². The quantitative estimate of drug-likeness (QED) is 0.720. The van der Waals surface area contributed by atoms with Gasteiger partial charge in [-0.2, -0.15) is 0 Å². The van der Waals surface area contributed by atoms with Gasteiger partial charge in [0, 0.05) is 11.9 Å². The van der Waals surface area contributed by atoms with E-state index in [0.717, 1.165) is 16.5 Å². The Hall–Kier alpha value is -2.66. The van der Waals surface area contributed by atoms with Crippen LogP contribution >= 0.6 is 11.6 Å². The molecule has 5 nitrogen and oxygen atoms in total. The first-order valence-electron chi connectivity index (χ1n) is 6.62. The summed E-state index contributed by atoms with van der Waals surface area (Å²) in [5.74, 6) is -0.286. The van der Waals surface area contributed by atoms with Crippen LogP contribution in [0.5, 0.6) is 0 Å². The first-order chi connectivity index (χ1) is 10.6. The van der Waals surface area contributed by atoms with Gasteiger partial charge in [-0.3, -0.25) is 0 Å². The molecule has 0 saturated carbocycles.